The summed E-state index contributed by atoms with van der Waals surface area (Å²) in [5.41, 5.74) is 1.05. The second kappa shape index (κ2) is 6.78. The lowest BCUT2D eigenvalue weighted by atomic mass is 10.2. The highest BCUT2D eigenvalue weighted by Crippen LogP contribution is 1.93. The summed E-state index contributed by atoms with van der Waals surface area (Å²) in [4.78, 5) is 0. The molecular formula is C13H13N. The second-order valence-corrected chi connectivity index (χ2v) is 2.70. The molecule has 14 heavy (non-hydrogen) atoms. The largest absolute Gasteiger partial charge is 0.295 e. The molecule has 1 N–H and O–H groups in total. The van der Waals surface area contributed by atoms with Crippen LogP contribution in [0.4, 0.5) is 0 Å². The van der Waals surface area contributed by atoms with Gasteiger partial charge in [-0.25, -0.2) is 0 Å². The Labute approximate surface area is 85.5 Å². The minimum Gasteiger partial charge on any atom is -0.295 e. The predicted octanol–water partition coefficient (Wildman–Crippen LogP) is 1.65. The Morgan fingerprint density at radius 1 is 1.07 bits per heavy atom. The second-order valence-electron chi connectivity index (χ2n) is 2.70. The lowest BCUT2D eigenvalue weighted by Gasteiger charge is -1.90. The fourth-order valence-corrected chi connectivity index (χ4v) is 0.944. The molecule has 0 heterocycles. The van der Waals surface area contributed by atoms with Crippen molar-refractivity contribution in [3.05, 3.63) is 35.9 Å². The highest BCUT2D eigenvalue weighted by molar-refractivity contribution is 5.33. The maximum Gasteiger partial charge on any atom is 0.0587 e. The van der Waals surface area contributed by atoms with Gasteiger partial charge >= 0.3 is 0 Å². The first-order chi connectivity index (χ1) is 6.93. The lowest BCUT2D eigenvalue weighted by Crippen LogP contribution is -2.13. The number of nitrogens with one attached hydrogen (secondary N) is 1. The Balaban J connectivity index is 2.30. The zero-order chi connectivity index (χ0) is 10.1. The molecule has 0 saturated heterocycles. The van der Waals surface area contributed by atoms with Crippen LogP contribution in [-0.4, -0.2) is 13.1 Å². The van der Waals surface area contributed by atoms with Gasteiger partial charge in [-0.05, 0) is 19.1 Å². The van der Waals surface area contributed by atoms with E-state index in [4.69, 9.17) is 0 Å². The summed E-state index contributed by atoms with van der Waals surface area (Å²) in [6.45, 7) is 3.22. The van der Waals surface area contributed by atoms with Crippen LogP contribution in [0.25, 0.3) is 0 Å². The van der Waals surface area contributed by atoms with E-state index in [1.54, 1.807) is 0 Å². The van der Waals surface area contributed by atoms with Crippen LogP contribution in [0.5, 0.6) is 0 Å². The molecule has 0 unspecified atom stereocenters. The quantitative estimate of drug-likeness (QED) is 0.543. The number of hydrogen-bond acceptors (Lipinski definition) is 1. The van der Waals surface area contributed by atoms with Crippen molar-refractivity contribution in [3.63, 3.8) is 0 Å². The molecule has 0 atom stereocenters. The molecular weight excluding hydrogens is 170 g/mol. The number of hydrogen-bond donors (Lipinski definition) is 1. The van der Waals surface area contributed by atoms with Crippen LogP contribution in [0.1, 0.15) is 12.5 Å². The SMILES string of the molecule is CC#CCNCC#Cc1ccccc1. The highest BCUT2D eigenvalue weighted by atomic mass is 14.8. The summed E-state index contributed by atoms with van der Waals surface area (Å²) in [5.74, 6) is 11.8. The van der Waals surface area contributed by atoms with E-state index in [1.165, 1.54) is 0 Å². The highest BCUT2D eigenvalue weighted by Gasteiger charge is 1.80. The van der Waals surface area contributed by atoms with Crippen LogP contribution in [0.15, 0.2) is 30.3 Å². The van der Waals surface area contributed by atoms with Crippen molar-refractivity contribution < 1.29 is 0 Å². The predicted molar refractivity (Wildman–Crippen MR) is 59.6 cm³/mol. The Hall–Kier alpha value is -1.70. The molecule has 1 nitrogen and oxygen atoms in total. The third kappa shape index (κ3) is 4.36. The number of rotatable bonds is 2. The molecule has 0 aliphatic rings. The summed E-state index contributed by atoms with van der Waals surface area (Å²) in [7, 11) is 0. The third-order valence-electron chi connectivity index (χ3n) is 1.61. The molecule has 1 heteroatoms. The molecule has 0 aromatic heterocycles. The van der Waals surface area contributed by atoms with Crippen LogP contribution in [-0.2, 0) is 0 Å². The molecule has 1 aromatic carbocycles. The molecule has 1 rings (SSSR count). The standard InChI is InChI=1S/C13H13N/c1-2-3-11-14-12-7-10-13-8-5-4-6-9-13/h4-6,8-9,14H,11-12H2,1H3. The van der Waals surface area contributed by atoms with Gasteiger partial charge in [0.25, 0.3) is 0 Å². The van der Waals surface area contributed by atoms with Crippen LogP contribution in [0.3, 0.4) is 0 Å². The summed E-state index contributed by atoms with van der Waals surface area (Å²) in [6, 6.07) is 9.96. The average molecular weight is 183 g/mol. The Bertz CT molecular complexity index is 370. The van der Waals surface area contributed by atoms with Gasteiger partial charge in [-0.2, -0.15) is 0 Å². The lowest BCUT2D eigenvalue weighted by molar-refractivity contribution is 0.871. The summed E-state index contributed by atoms with van der Waals surface area (Å²) < 4.78 is 0. The van der Waals surface area contributed by atoms with Gasteiger partial charge in [0, 0.05) is 5.56 Å². The zero-order valence-electron chi connectivity index (χ0n) is 8.30. The maximum atomic E-state index is 3.11. The molecule has 0 radical (unpaired) electrons. The molecule has 70 valence electrons. The van der Waals surface area contributed by atoms with E-state index in [9.17, 15) is 0 Å². The molecule has 0 aliphatic heterocycles. The van der Waals surface area contributed by atoms with Crippen molar-refractivity contribution >= 4 is 0 Å². The van der Waals surface area contributed by atoms with Crippen molar-refractivity contribution in [1.29, 1.82) is 0 Å². The smallest absolute Gasteiger partial charge is 0.0587 e. The molecule has 0 saturated carbocycles. The molecule has 0 amide bonds. The van der Waals surface area contributed by atoms with Gasteiger partial charge in [0.2, 0.25) is 0 Å². The van der Waals surface area contributed by atoms with Gasteiger partial charge in [0.05, 0.1) is 13.1 Å². The summed E-state index contributed by atoms with van der Waals surface area (Å²) in [5, 5.41) is 3.11. The van der Waals surface area contributed by atoms with Crippen LogP contribution < -0.4 is 5.32 Å². The molecule has 0 fully saturated rings. The van der Waals surface area contributed by atoms with Crippen LogP contribution in [0, 0.1) is 23.7 Å². The van der Waals surface area contributed by atoms with Gasteiger partial charge < -0.3 is 0 Å². The van der Waals surface area contributed by atoms with Crippen molar-refractivity contribution in [3.8, 4) is 23.7 Å². The molecule has 0 aliphatic carbocycles. The number of benzene rings is 1. The van der Waals surface area contributed by atoms with Crippen LogP contribution in [0.2, 0.25) is 0 Å². The first-order valence-electron chi connectivity index (χ1n) is 4.57. The third-order valence-corrected chi connectivity index (χ3v) is 1.61. The molecule has 0 spiro atoms. The van der Waals surface area contributed by atoms with E-state index >= 15 is 0 Å². The zero-order valence-corrected chi connectivity index (χ0v) is 8.30. The Morgan fingerprint density at radius 3 is 2.50 bits per heavy atom. The Kier molecular flexibility index (Phi) is 5.03. The fourth-order valence-electron chi connectivity index (χ4n) is 0.944. The molecule has 1 aromatic rings. The van der Waals surface area contributed by atoms with Gasteiger partial charge in [-0.15, -0.1) is 5.92 Å². The van der Waals surface area contributed by atoms with Gasteiger partial charge in [0.15, 0.2) is 0 Å². The van der Waals surface area contributed by atoms with E-state index < -0.39 is 0 Å². The topological polar surface area (TPSA) is 12.0 Å². The van der Waals surface area contributed by atoms with Crippen molar-refractivity contribution in [2.45, 2.75) is 6.92 Å². The van der Waals surface area contributed by atoms with Gasteiger partial charge in [0.1, 0.15) is 0 Å². The van der Waals surface area contributed by atoms with Crippen molar-refractivity contribution in [2.75, 3.05) is 13.1 Å². The summed E-state index contributed by atoms with van der Waals surface area (Å²) >= 11 is 0. The van der Waals surface area contributed by atoms with E-state index in [0.717, 1.165) is 5.56 Å². The van der Waals surface area contributed by atoms with Crippen molar-refractivity contribution in [2.24, 2.45) is 0 Å². The maximum absolute atomic E-state index is 3.11. The van der Waals surface area contributed by atoms with E-state index in [-0.39, 0.29) is 0 Å². The first-order valence-corrected chi connectivity index (χ1v) is 4.57. The Morgan fingerprint density at radius 2 is 1.79 bits per heavy atom. The van der Waals surface area contributed by atoms with E-state index in [0.29, 0.717) is 13.1 Å². The fraction of sp³-hybridized carbons (Fsp3) is 0.231. The van der Waals surface area contributed by atoms with Crippen molar-refractivity contribution in [1.82, 2.24) is 5.32 Å². The van der Waals surface area contributed by atoms with E-state index in [1.807, 2.05) is 37.3 Å². The van der Waals surface area contributed by atoms with Crippen LogP contribution >= 0.6 is 0 Å². The minimum atomic E-state index is 0.684. The van der Waals surface area contributed by atoms with Gasteiger partial charge in [-0.1, -0.05) is 36.0 Å². The average Bonchev–Trinajstić information content (AvgIpc) is 2.25. The molecule has 0 bridgehead atoms. The normalized spacial score (nSPS) is 8.07. The van der Waals surface area contributed by atoms with E-state index in [2.05, 4.69) is 29.0 Å². The summed E-state index contributed by atoms with van der Waals surface area (Å²) in [6.07, 6.45) is 0. The van der Waals surface area contributed by atoms with Gasteiger partial charge in [-0.3, -0.25) is 5.32 Å². The first kappa shape index (κ1) is 10.4. The minimum absolute atomic E-state index is 0.684. The monoisotopic (exact) mass is 183 g/mol.